The highest BCUT2D eigenvalue weighted by molar-refractivity contribution is 5.86. The summed E-state index contributed by atoms with van der Waals surface area (Å²) in [6.07, 6.45) is 0. The van der Waals surface area contributed by atoms with Gasteiger partial charge in [-0.05, 0) is 19.9 Å². The van der Waals surface area contributed by atoms with Gasteiger partial charge in [-0.1, -0.05) is 12.1 Å². The zero-order valence-corrected chi connectivity index (χ0v) is 13.8. The third-order valence-corrected chi connectivity index (χ3v) is 2.67. The van der Waals surface area contributed by atoms with E-state index in [2.05, 4.69) is 15.4 Å². The molecule has 0 heterocycles. The van der Waals surface area contributed by atoms with Crippen LogP contribution in [0, 0.1) is 10.1 Å². The average molecular weight is 353 g/mol. The van der Waals surface area contributed by atoms with Crippen LogP contribution in [0.3, 0.4) is 0 Å². The molecule has 0 saturated heterocycles. The molecule has 10 heteroatoms. The van der Waals surface area contributed by atoms with Gasteiger partial charge in [-0.3, -0.25) is 19.7 Å². The SMILES string of the molecule is CC(C)NC(=O)CNC(=O)COC(=O)COc1ccccc1[N+](=O)[O-]. The van der Waals surface area contributed by atoms with Crippen molar-refractivity contribution >= 4 is 23.5 Å². The van der Waals surface area contributed by atoms with Gasteiger partial charge in [-0.2, -0.15) is 0 Å². The first kappa shape index (κ1) is 19.9. The number of rotatable bonds is 9. The Morgan fingerprint density at radius 1 is 1.16 bits per heavy atom. The Morgan fingerprint density at radius 3 is 2.48 bits per heavy atom. The van der Waals surface area contributed by atoms with Crippen LogP contribution in [0.5, 0.6) is 5.75 Å². The van der Waals surface area contributed by atoms with Crippen molar-refractivity contribution in [2.75, 3.05) is 19.8 Å². The second kappa shape index (κ2) is 9.85. The highest BCUT2D eigenvalue weighted by Gasteiger charge is 2.16. The second-order valence-electron chi connectivity index (χ2n) is 5.17. The van der Waals surface area contributed by atoms with Gasteiger partial charge in [-0.25, -0.2) is 4.79 Å². The highest BCUT2D eigenvalue weighted by atomic mass is 16.6. The molecule has 0 aliphatic rings. The summed E-state index contributed by atoms with van der Waals surface area (Å²) in [7, 11) is 0. The number of hydrogen-bond donors (Lipinski definition) is 2. The fourth-order valence-electron chi connectivity index (χ4n) is 1.66. The third-order valence-electron chi connectivity index (χ3n) is 2.67. The van der Waals surface area contributed by atoms with E-state index in [1.165, 1.54) is 24.3 Å². The topological polar surface area (TPSA) is 137 Å². The lowest BCUT2D eigenvalue weighted by Gasteiger charge is -2.10. The van der Waals surface area contributed by atoms with Gasteiger partial charge in [-0.15, -0.1) is 0 Å². The molecule has 0 aliphatic heterocycles. The van der Waals surface area contributed by atoms with Gasteiger partial charge in [0.1, 0.15) is 0 Å². The number of nitro benzene ring substituents is 1. The van der Waals surface area contributed by atoms with Gasteiger partial charge in [0, 0.05) is 12.1 Å². The van der Waals surface area contributed by atoms with Crippen LogP contribution in [-0.2, 0) is 19.1 Å². The minimum atomic E-state index is -0.875. The van der Waals surface area contributed by atoms with Crippen molar-refractivity contribution in [3.05, 3.63) is 34.4 Å². The van der Waals surface area contributed by atoms with Crippen molar-refractivity contribution in [2.24, 2.45) is 0 Å². The lowest BCUT2D eigenvalue weighted by Crippen LogP contribution is -2.41. The van der Waals surface area contributed by atoms with E-state index in [-0.39, 0.29) is 29.9 Å². The molecule has 0 atom stereocenters. The Labute approximate surface area is 143 Å². The van der Waals surface area contributed by atoms with Gasteiger partial charge < -0.3 is 20.1 Å². The van der Waals surface area contributed by atoms with E-state index in [9.17, 15) is 24.5 Å². The van der Waals surface area contributed by atoms with Crippen LogP contribution in [0.1, 0.15) is 13.8 Å². The molecule has 1 rings (SSSR count). The van der Waals surface area contributed by atoms with Crippen molar-refractivity contribution in [3.8, 4) is 5.75 Å². The lowest BCUT2D eigenvalue weighted by molar-refractivity contribution is -0.385. The van der Waals surface area contributed by atoms with E-state index in [0.717, 1.165) is 0 Å². The second-order valence-corrected chi connectivity index (χ2v) is 5.17. The molecule has 0 aromatic heterocycles. The number of nitrogens with one attached hydrogen (secondary N) is 2. The molecule has 0 fully saturated rings. The number of benzene rings is 1. The number of ether oxygens (including phenoxy) is 2. The molecule has 1 aromatic rings. The first-order chi connectivity index (χ1) is 11.8. The van der Waals surface area contributed by atoms with Crippen LogP contribution < -0.4 is 15.4 Å². The fourth-order valence-corrected chi connectivity index (χ4v) is 1.66. The van der Waals surface area contributed by atoms with Crippen LogP contribution in [0.25, 0.3) is 0 Å². The standard InChI is InChI=1S/C15H19N3O7/c1-10(2)17-13(19)7-16-14(20)8-25-15(21)9-24-12-6-4-3-5-11(12)18(22)23/h3-6,10H,7-9H2,1-2H3,(H,16,20)(H,17,19). The summed E-state index contributed by atoms with van der Waals surface area (Å²) in [6, 6.07) is 5.50. The Kier molecular flexibility index (Phi) is 7.83. The number of carbonyl (C=O) groups is 3. The van der Waals surface area contributed by atoms with Gasteiger partial charge in [0.2, 0.25) is 5.91 Å². The molecule has 0 saturated carbocycles. The molecule has 0 spiro atoms. The zero-order chi connectivity index (χ0) is 18.8. The molecule has 2 amide bonds. The molecule has 136 valence electrons. The summed E-state index contributed by atoms with van der Waals surface area (Å²) in [5.41, 5.74) is -0.288. The van der Waals surface area contributed by atoms with Crippen molar-refractivity contribution in [1.29, 1.82) is 0 Å². The normalized spacial score (nSPS) is 10.0. The maximum absolute atomic E-state index is 11.5. The van der Waals surface area contributed by atoms with Crippen molar-refractivity contribution in [3.63, 3.8) is 0 Å². The fraction of sp³-hybridized carbons (Fsp3) is 0.400. The number of esters is 1. The first-order valence-electron chi connectivity index (χ1n) is 7.37. The summed E-state index contributed by atoms with van der Waals surface area (Å²) in [5.74, 6) is -1.98. The van der Waals surface area contributed by atoms with Gasteiger partial charge in [0.15, 0.2) is 19.0 Å². The number of hydrogen-bond acceptors (Lipinski definition) is 7. The highest BCUT2D eigenvalue weighted by Crippen LogP contribution is 2.25. The minimum absolute atomic E-state index is 0.0542. The monoisotopic (exact) mass is 353 g/mol. The number of para-hydroxylation sites is 2. The molecule has 0 unspecified atom stereocenters. The van der Waals surface area contributed by atoms with Gasteiger partial charge >= 0.3 is 11.7 Å². The summed E-state index contributed by atoms with van der Waals surface area (Å²) in [6.45, 7) is 2.14. The molecule has 25 heavy (non-hydrogen) atoms. The summed E-state index contributed by atoms with van der Waals surface area (Å²) >= 11 is 0. The van der Waals surface area contributed by atoms with Crippen molar-refractivity contribution in [1.82, 2.24) is 10.6 Å². The minimum Gasteiger partial charge on any atom is -0.475 e. The number of carbonyl (C=O) groups excluding carboxylic acids is 3. The van der Waals surface area contributed by atoms with E-state index in [1.807, 2.05) is 0 Å². The molecule has 10 nitrogen and oxygen atoms in total. The average Bonchev–Trinajstić information content (AvgIpc) is 2.55. The van der Waals surface area contributed by atoms with Crippen LogP contribution in [-0.4, -0.2) is 48.5 Å². The Bertz CT molecular complexity index is 646. The van der Waals surface area contributed by atoms with Gasteiger partial charge in [0.25, 0.3) is 5.91 Å². The predicted molar refractivity (Wildman–Crippen MR) is 85.8 cm³/mol. The van der Waals surface area contributed by atoms with E-state index in [1.54, 1.807) is 13.8 Å². The smallest absolute Gasteiger partial charge is 0.344 e. The molecule has 0 bridgehead atoms. The number of nitro groups is 1. The van der Waals surface area contributed by atoms with Crippen molar-refractivity contribution < 1.29 is 28.8 Å². The largest absolute Gasteiger partial charge is 0.475 e. The Morgan fingerprint density at radius 2 is 1.84 bits per heavy atom. The molecule has 1 aromatic carbocycles. The van der Waals surface area contributed by atoms with Crippen molar-refractivity contribution in [2.45, 2.75) is 19.9 Å². The molecule has 0 radical (unpaired) electrons. The molecule has 2 N–H and O–H groups in total. The molecular weight excluding hydrogens is 334 g/mol. The maximum Gasteiger partial charge on any atom is 0.344 e. The van der Waals surface area contributed by atoms with Crippen LogP contribution in [0.2, 0.25) is 0 Å². The predicted octanol–water partition coefficient (Wildman–Crippen LogP) is 0.158. The first-order valence-corrected chi connectivity index (χ1v) is 7.37. The van der Waals surface area contributed by atoms with Crippen LogP contribution in [0.15, 0.2) is 24.3 Å². The molecule has 0 aliphatic carbocycles. The summed E-state index contributed by atoms with van der Waals surface area (Å²) in [4.78, 5) is 44.5. The van der Waals surface area contributed by atoms with Crippen LogP contribution >= 0.6 is 0 Å². The summed E-state index contributed by atoms with van der Waals surface area (Å²) < 4.78 is 9.68. The van der Waals surface area contributed by atoms with Gasteiger partial charge in [0.05, 0.1) is 11.5 Å². The summed E-state index contributed by atoms with van der Waals surface area (Å²) in [5, 5.41) is 15.7. The quantitative estimate of drug-likeness (QED) is 0.366. The molecular formula is C15H19N3O7. The van der Waals surface area contributed by atoms with Crippen LogP contribution in [0.4, 0.5) is 5.69 Å². The van der Waals surface area contributed by atoms with E-state index < -0.39 is 30.0 Å². The third kappa shape index (κ3) is 7.77. The maximum atomic E-state index is 11.5. The zero-order valence-electron chi connectivity index (χ0n) is 13.8. The lowest BCUT2D eigenvalue weighted by atomic mass is 10.3. The van der Waals surface area contributed by atoms with E-state index >= 15 is 0 Å². The number of amides is 2. The van der Waals surface area contributed by atoms with E-state index in [4.69, 9.17) is 4.74 Å². The number of nitrogens with zero attached hydrogens (tertiary/aromatic N) is 1. The Hall–Kier alpha value is -3.17. The Balaban J connectivity index is 2.32. The van der Waals surface area contributed by atoms with E-state index in [0.29, 0.717) is 0 Å².